The smallest absolute Gasteiger partial charge is 0.330 e. The van der Waals surface area contributed by atoms with E-state index in [4.69, 9.17) is 23.1 Å². The van der Waals surface area contributed by atoms with Crippen LogP contribution in [-0.2, 0) is 11.0 Å². The molecule has 0 saturated heterocycles. The number of carbonyl (C=O) groups excluding carboxylic acids is 2. The largest absolute Gasteiger partial charge is 0.417 e. The van der Waals surface area contributed by atoms with E-state index in [9.17, 15) is 22.8 Å². The molecule has 0 bridgehead atoms. The topological polar surface area (TPSA) is 166 Å². The zero-order valence-electron chi connectivity index (χ0n) is 20.9. The van der Waals surface area contributed by atoms with Crippen LogP contribution in [0.15, 0.2) is 55.1 Å². The second-order valence-corrected chi connectivity index (χ2v) is 9.11. The third kappa shape index (κ3) is 6.83. The second-order valence-electron chi connectivity index (χ2n) is 8.71. The highest BCUT2D eigenvalue weighted by Gasteiger charge is 2.33. The fourth-order valence-corrected chi connectivity index (χ4v) is 4.01. The number of hydrogen-bond acceptors (Lipinski definition) is 7. The molecule has 2 aromatic heterocycles. The van der Waals surface area contributed by atoms with E-state index in [1.165, 1.54) is 18.7 Å². The number of fused-ring (bicyclic) bond motifs is 1. The maximum Gasteiger partial charge on any atom is 0.417 e. The number of alkyl halides is 3. The van der Waals surface area contributed by atoms with Crippen LogP contribution in [0.5, 0.6) is 0 Å². The number of benzene rings is 2. The number of halogens is 4. The van der Waals surface area contributed by atoms with Gasteiger partial charge in [-0.05, 0) is 61.9 Å². The summed E-state index contributed by atoms with van der Waals surface area (Å²) < 4.78 is 40.9. The molecule has 4 rings (SSSR count). The van der Waals surface area contributed by atoms with Gasteiger partial charge in [0.2, 0.25) is 5.91 Å². The molecule has 0 spiro atoms. The normalized spacial score (nSPS) is 12.2. The van der Waals surface area contributed by atoms with Crippen molar-refractivity contribution in [1.82, 2.24) is 19.5 Å². The molecule has 0 saturated carbocycles. The standard InChI is InChI=1S/C25H25ClF3N9O2/c26-18-9-6-15(11-17(18)25(27,28)29)36-24(40)35-14-4-7-16(8-5-14)38-13-34-20-21(32-12-33-22(20)38)37-23(39)19(31)3-1-2-10-30/h4-9,11-13,19H,1-3,10,30-31H2,(H2,35,36,40)(H,32,33,37,39). The summed E-state index contributed by atoms with van der Waals surface area (Å²) in [4.78, 5) is 37.5. The monoisotopic (exact) mass is 575 g/mol. The van der Waals surface area contributed by atoms with Gasteiger partial charge in [-0.3, -0.25) is 9.36 Å². The molecule has 4 aromatic rings. The lowest BCUT2D eigenvalue weighted by atomic mass is 10.1. The summed E-state index contributed by atoms with van der Waals surface area (Å²) in [5, 5.41) is 7.13. The molecule has 210 valence electrons. The molecule has 0 radical (unpaired) electrons. The van der Waals surface area contributed by atoms with Gasteiger partial charge in [0.15, 0.2) is 17.0 Å². The molecular formula is C25H25ClF3N9O2. The lowest BCUT2D eigenvalue weighted by molar-refractivity contribution is -0.137. The molecule has 15 heteroatoms. The molecule has 0 aliphatic rings. The van der Waals surface area contributed by atoms with Gasteiger partial charge in [-0.15, -0.1) is 0 Å². The molecule has 2 heterocycles. The average Bonchev–Trinajstić information content (AvgIpc) is 3.35. The van der Waals surface area contributed by atoms with Crippen LogP contribution in [0.1, 0.15) is 24.8 Å². The van der Waals surface area contributed by atoms with Crippen molar-refractivity contribution in [3.8, 4) is 5.69 Å². The van der Waals surface area contributed by atoms with E-state index in [0.29, 0.717) is 35.5 Å². The molecule has 1 unspecified atom stereocenters. The van der Waals surface area contributed by atoms with E-state index in [1.54, 1.807) is 28.8 Å². The van der Waals surface area contributed by atoms with Gasteiger partial charge in [0.05, 0.1) is 16.6 Å². The molecule has 40 heavy (non-hydrogen) atoms. The number of rotatable bonds is 9. The number of nitrogens with two attached hydrogens (primary N) is 2. The van der Waals surface area contributed by atoms with Crippen molar-refractivity contribution in [3.05, 3.63) is 65.7 Å². The van der Waals surface area contributed by atoms with Crippen LogP contribution in [0.4, 0.5) is 35.2 Å². The number of nitrogens with one attached hydrogen (secondary N) is 3. The maximum atomic E-state index is 13.1. The lowest BCUT2D eigenvalue weighted by Gasteiger charge is -2.13. The maximum absolute atomic E-state index is 13.1. The van der Waals surface area contributed by atoms with Gasteiger partial charge in [-0.25, -0.2) is 19.7 Å². The minimum absolute atomic E-state index is 0.0742. The van der Waals surface area contributed by atoms with E-state index in [0.717, 1.165) is 25.0 Å². The van der Waals surface area contributed by atoms with Crippen LogP contribution in [0.25, 0.3) is 16.9 Å². The molecule has 11 nitrogen and oxygen atoms in total. The second kappa shape index (κ2) is 12.3. The summed E-state index contributed by atoms with van der Waals surface area (Å²) in [6.45, 7) is 0.526. The number of aromatic nitrogens is 4. The first-order valence-corrected chi connectivity index (χ1v) is 12.4. The molecule has 7 N–H and O–H groups in total. The third-order valence-corrected chi connectivity index (χ3v) is 6.14. The first-order chi connectivity index (χ1) is 19.1. The van der Waals surface area contributed by atoms with Crippen LogP contribution in [-0.4, -0.2) is 44.0 Å². The van der Waals surface area contributed by atoms with Gasteiger partial charge in [0.25, 0.3) is 0 Å². The number of amides is 3. The van der Waals surface area contributed by atoms with Gasteiger partial charge in [-0.2, -0.15) is 13.2 Å². The summed E-state index contributed by atoms with van der Waals surface area (Å²) in [5.74, 6) is -0.178. The highest BCUT2D eigenvalue weighted by Crippen LogP contribution is 2.36. The van der Waals surface area contributed by atoms with Crippen LogP contribution in [0.2, 0.25) is 5.02 Å². The van der Waals surface area contributed by atoms with Crippen molar-refractivity contribution in [1.29, 1.82) is 0 Å². The Kier molecular flexibility index (Phi) is 8.82. The first kappa shape index (κ1) is 28.7. The Morgan fingerprint density at radius 1 is 0.975 bits per heavy atom. The Labute approximate surface area is 231 Å². The number of imidazole rings is 1. The van der Waals surface area contributed by atoms with Crippen LogP contribution in [0.3, 0.4) is 0 Å². The van der Waals surface area contributed by atoms with Crippen molar-refractivity contribution in [2.24, 2.45) is 11.5 Å². The SMILES string of the molecule is NCCCCC(N)C(=O)Nc1ncnc2c1ncn2-c1ccc(NC(=O)Nc2ccc(Cl)c(C(F)(F)F)c2)cc1. The van der Waals surface area contributed by atoms with E-state index in [-0.39, 0.29) is 11.5 Å². The van der Waals surface area contributed by atoms with E-state index >= 15 is 0 Å². The number of carbonyl (C=O) groups is 2. The predicted molar refractivity (Wildman–Crippen MR) is 145 cm³/mol. The molecule has 3 amide bonds. The molecule has 1 atom stereocenters. The summed E-state index contributed by atoms with van der Waals surface area (Å²) in [5.41, 5.74) is 12.1. The van der Waals surface area contributed by atoms with Gasteiger partial charge >= 0.3 is 12.2 Å². The van der Waals surface area contributed by atoms with E-state index in [2.05, 4.69) is 30.9 Å². The number of anilines is 3. The Balaban J connectivity index is 1.44. The fraction of sp³-hybridized carbons (Fsp3) is 0.240. The Morgan fingerprint density at radius 2 is 1.68 bits per heavy atom. The quantitative estimate of drug-likeness (QED) is 0.183. The Morgan fingerprint density at radius 3 is 2.38 bits per heavy atom. The lowest BCUT2D eigenvalue weighted by Crippen LogP contribution is -2.35. The van der Waals surface area contributed by atoms with Crippen molar-refractivity contribution in [2.45, 2.75) is 31.5 Å². The van der Waals surface area contributed by atoms with E-state index in [1.807, 2.05) is 0 Å². The number of urea groups is 1. The number of hydrogen-bond donors (Lipinski definition) is 5. The minimum atomic E-state index is -4.66. The van der Waals surface area contributed by atoms with Gasteiger partial charge in [-0.1, -0.05) is 18.0 Å². The highest BCUT2D eigenvalue weighted by molar-refractivity contribution is 6.31. The van der Waals surface area contributed by atoms with Crippen molar-refractivity contribution in [3.63, 3.8) is 0 Å². The zero-order valence-corrected chi connectivity index (χ0v) is 21.6. The van der Waals surface area contributed by atoms with Crippen molar-refractivity contribution in [2.75, 3.05) is 22.5 Å². The van der Waals surface area contributed by atoms with Gasteiger partial charge in [0.1, 0.15) is 12.7 Å². The number of nitrogens with zero attached hydrogens (tertiary/aromatic N) is 4. The van der Waals surface area contributed by atoms with Gasteiger partial charge in [0, 0.05) is 17.1 Å². The Bertz CT molecular complexity index is 1510. The highest BCUT2D eigenvalue weighted by atomic mass is 35.5. The van der Waals surface area contributed by atoms with Crippen LogP contribution >= 0.6 is 11.6 Å². The first-order valence-electron chi connectivity index (χ1n) is 12.1. The molecule has 2 aromatic carbocycles. The molecule has 0 fully saturated rings. The van der Waals surface area contributed by atoms with Crippen molar-refractivity contribution >= 4 is 51.9 Å². The van der Waals surface area contributed by atoms with Crippen LogP contribution < -0.4 is 27.4 Å². The summed E-state index contributed by atoms with van der Waals surface area (Å²) in [7, 11) is 0. The summed E-state index contributed by atoms with van der Waals surface area (Å²) in [6, 6.07) is 8.14. The third-order valence-electron chi connectivity index (χ3n) is 5.81. The summed E-state index contributed by atoms with van der Waals surface area (Å²) >= 11 is 5.62. The zero-order chi connectivity index (χ0) is 28.9. The fourth-order valence-electron chi connectivity index (χ4n) is 3.78. The van der Waals surface area contributed by atoms with Crippen LogP contribution in [0, 0.1) is 0 Å². The summed E-state index contributed by atoms with van der Waals surface area (Å²) in [6.07, 6.45) is 0.117. The van der Waals surface area contributed by atoms with E-state index < -0.39 is 34.7 Å². The predicted octanol–water partition coefficient (Wildman–Crippen LogP) is 4.53. The molecule has 0 aliphatic carbocycles. The molecule has 0 aliphatic heterocycles. The van der Waals surface area contributed by atoms with Gasteiger partial charge < -0.3 is 27.4 Å². The average molecular weight is 576 g/mol. The number of unbranched alkanes of at least 4 members (excludes halogenated alkanes) is 1. The van der Waals surface area contributed by atoms with Crippen molar-refractivity contribution < 1.29 is 22.8 Å². The minimum Gasteiger partial charge on any atom is -0.330 e. The Hall–Kier alpha value is -4.27. The molecular weight excluding hydrogens is 551 g/mol.